The van der Waals surface area contributed by atoms with E-state index < -0.39 is 5.54 Å². The number of phenols is 1. The van der Waals surface area contributed by atoms with Gasteiger partial charge in [0, 0.05) is 11.3 Å². The predicted molar refractivity (Wildman–Crippen MR) is 71.6 cm³/mol. The summed E-state index contributed by atoms with van der Waals surface area (Å²) in [4.78, 5) is 12.2. The molecule has 2 rings (SSSR count). The van der Waals surface area contributed by atoms with E-state index in [0.717, 1.165) is 31.2 Å². The Labute approximate surface area is 107 Å². The lowest BCUT2D eigenvalue weighted by atomic mass is 9.97. The maximum atomic E-state index is 12.2. The second-order valence-electron chi connectivity index (χ2n) is 5.22. The molecule has 0 spiro atoms. The lowest BCUT2D eigenvalue weighted by Gasteiger charge is -2.23. The number of carbonyl (C=O) groups is 1. The van der Waals surface area contributed by atoms with E-state index in [1.54, 1.807) is 19.1 Å². The van der Waals surface area contributed by atoms with Gasteiger partial charge >= 0.3 is 0 Å². The fourth-order valence-electron chi connectivity index (χ4n) is 2.45. The van der Waals surface area contributed by atoms with Crippen LogP contribution < -0.4 is 11.1 Å². The molecule has 4 heteroatoms. The van der Waals surface area contributed by atoms with E-state index >= 15 is 0 Å². The molecule has 0 aromatic heterocycles. The van der Waals surface area contributed by atoms with Gasteiger partial charge in [0.1, 0.15) is 5.75 Å². The molecule has 0 radical (unpaired) electrons. The molecule has 1 aliphatic carbocycles. The molecule has 1 fully saturated rings. The number of nitrogens with one attached hydrogen (secondary N) is 1. The molecule has 1 aliphatic rings. The van der Waals surface area contributed by atoms with Crippen LogP contribution in [0, 0.1) is 13.8 Å². The van der Waals surface area contributed by atoms with Crippen molar-refractivity contribution < 1.29 is 9.90 Å². The molecule has 4 N–H and O–H groups in total. The van der Waals surface area contributed by atoms with Crippen LogP contribution in [0.4, 0.5) is 5.69 Å². The number of amides is 1. The van der Waals surface area contributed by atoms with E-state index in [1.807, 2.05) is 6.92 Å². The zero-order valence-electron chi connectivity index (χ0n) is 10.9. The standard InChI is InChI=1S/C14H20N2O2/c1-9-5-6-11(10(2)12(9)17)16-13(18)14(15)7-3-4-8-14/h5-6,17H,3-4,7-8,15H2,1-2H3,(H,16,18). The largest absolute Gasteiger partial charge is 0.507 e. The third-order valence-electron chi connectivity index (χ3n) is 3.83. The van der Waals surface area contributed by atoms with Crippen molar-refractivity contribution >= 4 is 11.6 Å². The molecule has 0 aliphatic heterocycles. The predicted octanol–water partition coefficient (Wildman–Crippen LogP) is 2.22. The van der Waals surface area contributed by atoms with E-state index in [0.29, 0.717) is 11.3 Å². The van der Waals surface area contributed by atoms with E-state index in [9.17, 15) is 9.90 Å². The topological polar surface area (TPSA) is 75.4 Å². The number of rotatable bonds is 2. The van der Waals surface area contributed by atoms with Crippen LogP contribution in [0.2, 0.25) is 0 Å². The molecule has 1 aromatic carbocycles. The summed E-state index contributed by atoms with van der Waals surface area (Å²) in [6.45, 7) is 3.62. The fraction of sp³-hybridized carbons (Fsp3) is 0.500. The van der Waals surface area contributed by atoms with Crippen LogP contribution in [0.3, 0.4) is 0 Å². The van der Waals surface area contributed by atoms with Crippen LogP contribution in [0.25, 0.3) is 0 Å². The van der Waals surface area contributed by atoms with Gasteiger partial charge in [0.05, 0.1) is 5.54 Å². The number of nitrogens with two attached hydrogens (primary N) is 1. The SMILES string of the molecule is Cc1ccc(NC(=O)C2(N)CCCC2)c(C)c1O. The summed E-state index contributed by atoms with van der Waals surface area (Å²) in [6.07, 6.45) is 3.47. The van der Waals surface area contributed by atoms with Gasteiger partial charge in [0.2, 0.25) is 5.91 Å². The fourth-order valence-corrected chi connectivity index (χ4v) is 2.45. The molecular formula is C14H20N2O2. The minimum atomic E-state index is -0.743. The van der Waals surface area contributed by atoms with Crippen molar-refractivity contribution in [2.45, 2.75) is 45.1 Å². The summed E-state index contributed by atoms with van der Waals surface area (Å²) in [5.74, 6) is 0.0802. The van der Waals surface area contributed by atoms with E-state index in [4.69, 9.17) is 5.73 Å². The number of anilines is 1. The summed E-state index contributed by atoms with van der Waals surface area (Å²) in [5, 5.41) is 12.7. The number of hydrogen-bond acceptors (Lipinski definition) is 3. The Morgan fingerprint density at radius 3 is 2.56 bits per heavy atom. The number of carbonyl (C=O) groups excluding carboxylic acids is 1. The van der Waals surface area contributed by atoms with Gasteiger partial charge in [-0.1, -0.05) is 18.9 Å². The first-order valence-electron chi connectivity index (χ1n) is 6.33. The summed E-state index contributed by atoms with van der Waals surface area (Å²) >= 11 is 0. The van der Waals surface area contributed by atoms with Crippen LogP contribution >= 0.6 is 0 Å². The maximum absolute atomic E-state index is 12.2. The van der Waals surface area contributed by atoms with Gasteiger partial charge in [-0.2, -0.15) is 0 Å². The van der Waals surface area contributed by atoms with Crippen LogP contribution in [0.1, 0.15) is 36.8 Å². The minimum Gasteiger partial charge on any atom is -0.507 e. The van der Waals surface area contributed by atoms with Gasteiger partial charge < -0.3 is 16.2 Å². The van der Waals surface area contributed by atoms with Gasteiger partial charge in [-0.25, -0.2) is 0 Å². The lowest BCUT2D eigenvalue weighted by molar-refractivity contribution is -0.121. The Hall–Kier alpha value is -1.55. The van der Waals surface area contributed by atoms with Gasteiger partial charge in [-0.3, -0.25) is 4.79 Å². The second-order valence-corrected chi connectivity index (χ2v) is 5.22. The molecule has 4 nitrogen and oxygen atoms in total. The number of hydrogen-bond donors (Lipinski definition) is 3. The van der Waals surface area contributed by atoms with Crippen molar-refractivity contribution in [1.29, 1.82) is 0 Å². The van der Waals surface area contributed by atoms with Crippen LogP contribution in [0.15, 0.2) is 12.1 Å². The molecular weight excluding hydrogens is 228 g/mol. The molecule has 18 heavy (non-hydrogen) atoms. The minimum absolute atomic E-state index is 0.147. The Morgan fingerprint density at radius 1 is 1.33 bits per heavy atom. The molecule has 0 heterocycles. The number of phenolic OH excluding ortho intramolecular Hbond substituents is 1. The first-order valence-corrected chi connectivity index (χ1v) is 6.33. The Morgan fingerprint density at radius 2 is 1.94 bits per heavy atom. The molecule has 0 saturated heterocycles. The van der Waals surface area contributed by atoms with E-state index in [-0.39, 0.29) is 11.7 Å². The maximum Gasteiger partial charge on any atom is 0.244 e. The molecule has 1 amide bonds. The third kappa shape index (κ3) is 2.20. The summed E-state index contributed by atoms with van der Waals surface area (Å²) in [6, 6.07) is 3.59. The highest BCUT2D eigenvalue weighted by atomic mass is 16.3. The Balaban J connectivity index is 2.19. The van der Waals surface area contributed by atoms with E-state index in [2.05, 4.69) is 5.32 Å². The monoisotopic (exact) mass is 248 g/mol. The molecule has 98 valence electrons. The zero-order valence-corrected chi connectivity index (χ0v) is 10.9. The highest BCUT2D eigenvalue weighted by Crippen LogP contribution is 2.31. The quantitative estimate of drug-likeness (QED) is 0.751. The highest BCUT2D eigenvalue weighted by Gasteiger charge is 2.37. The number of benzene rings is 1. The Kier molecular flexibility index (Phi) is 3.30. The number of aromatic hydroxyl groups is 1. The Bertz CT molecular complexity index is 477. The van der Waals surface area contributed by atoms with Crippen molar-refractivity contribution in [2.75, 3.05) is 5.32 Å². The number of aryl methyl sites for hydroxylation is 1. The first kappa shape index (κ1) is 12.9. The lowest BCUT2D eigenvalue weighted by Crippen LogP contribution is -2.48. The highest BCUT2D eigenvalue weighted by molar-refractivity contribution is 5.99. The van der Waals surface area contributed by atoms with Crippen molar-refractivity contribution in [3.63, 3.8) is 0 Å². The average Bonchev–Trinajstić information content (AvgIpc) is 2.78. The third-order valence-corrected chi connectivity index (χ3v) is 3.83. The van der Waals surface area contributed by atoms with Crippen molar-refractivity contribution in [1.82, 2.24) is 0 Å². The molecule has 1 saturated carbocycles. The molecule has 0 unspecified atom stereocenters. The normalized spacial score (nSPS) is 17.7. The van der Waals surface area contributed by atoms with Gasteiger partial charge in [-0.05, 0) is 38.3 Å². The summed E-state index contributed by atoms with van der Waals surface area (Å²) < 4.78 is 0. The first-order chi connectivity index (χ1) is 8.44. The van der Waals surface area contributed by atoms with E-state index in [1.165, 1.54) is 0 Å². The van der Waals surface area contributed by atoms with Crippen molar-refractivity contribution in [3.05, 3.63) is 23.3 Å². The van der Waals surface area contributed by atoms with Gasteiger partial charge in [0.25, 0.3) is 0 Å². The smallest absolute Gasteiger partial charge is 0.244 e. The van der Waals surface area contributed by atoms with Crippen molar-refractivity contribution in [2.24, 2.45) is 5.73 Å². The van der Waals surface area contributed by atoms with Crippen LogP contribution in [0.5, 0.6) is 5.75 Å². The zero-order chi connectivity index (χ0) is 13.3. The van der Waals surface area contributed by atoms with Crippen molar-refractivity contribution in [3.8, 4) is 5.75 Å². The molecule has 0 bridgehead atoms. The van der Waals surface area contributed by atoms with Gasteiger partial charge in [0.15, 0.2) is 0 Å². The van der Waals surface area contributed by atoms with Crippen LogP contribution in [-0.4, -0.2) is 16.6 Å². The summed E-state index contributed by atoms with van der Waals surface area (Å²) in [5.41, 5.74) is 7.47. The molecule has 0 atom stereocenters. The van der Waals surface area contributed by atoms with Gasteiger partial charge in [-0.15, -0.1) is 0 Å². The molecule has 1 aromatic rings. The average molecular weight is 248 g/mol. The summed E-state index contributed by atoms with van der Waals surface area (Å²) in [7, 11) is 0. The second kappa shape index (κ2) is 4.61. The van der Waals surface area contributed by atoms with Crippen LogP contribution in [-0.2, 0) is 4.79 Å².